The highest BCUT2D eigenvalue weighted by Crippen LogP contribution is 2.28. The van der Waals surface area contributed by atoms with Gasteiger partial charge in [0.05, 0.1) is 17.4 Å². The second-order valence-corrected chi connectivity index (χ2v) is 6.83. The summed E-state index contributed by atoms with van der Waals surface area (Å²) in [5, 5.41) is 11.4. The van der Waals surface area contributed by atoms with E-state index in [4.69, 9.17) is 5.26 Å². The molecular formula is C14H17N3O3S. The van der Waals surface area contributed by atoms with Gasteiger partial charge in [-0.1, -0.05) is 12.1 Å². The van der Waals surface area contributed by atoms with Crippen LogP contribution in [0.15, 0.2) is 24.3 Å². The second kappa shape index (κ2) is 6.70. The molecule has 1 saturated carbocycles. The monoisotopic (exact) mass is 307 g/mol. The number of hydrogen-bond acceptors (Lipinski definition) is 4. The molecule has 0 bridgehead atoms. The van der Waals surface area contributed by atoms with Crippen LogP contribution in [0.4, 0.5) is 0 Å². The molecule has 0 saturated heterocycles. The number of nitriles is 1. The van der Waals surface area contributed by atoms with Crippen molar-refractivity contribution < 1.29 is 13.2 Å². The van der Waals surface area contributed by atoms with Crippen LogP contribution in [-0.2, 0) is 20.6 Å². The summed E-state index contributed by atoms with van der Waals surface area (Å²) in [6.45, 7) is 0.471. The molecule has 0 radical (unpaired) electrons. The molecule has 1 aromatic carbocycles. The SMILES string of the molecule is N#Cc1ccc(CS(=O)(=O)NCCNC(=O)C2CC2)cc1. The smallest absolute Gasteiger partial charge is 0.223 e. The highest BCUT2D eigenvalue weighted by Gasteiger charge is 2.29. The Balaban J connectivity index is 1.75. The summed E-state index contributed by atoms with van der Waals surface area (Å²) in [6.07, 6.45) is 1.85. The van der Waals surface area contributed by atoms with Crippen LogP contribution >= 0.6 is 0 Å². The van der Waals surface area contributed by atoms with Crippen molar-refractivity contribution in [2.75, 3.05) is 13.1 Å². The van der Waals surface area contributed by atoms with Gasteiger partial charge in [-0.3, -0.25) is 4.79 Å². The average molecular weight is 307 g/mol. The number of carbonyl (C=O) groups is 1. The normalized spacial score (nSPS) is 14.4. The Morgan fingerprint density at radius 2 is 1.90 bits per heavy atom. The summed E-state index contributed by atoms with van der Waals surface area (Å²) >= 11 is 0. The minimum absolute atomic E-state index is 0.00119. The van der Waals surface area contributed by atoms with E-state index in [-0.39, 0.29) is 24.1 Å². The van der Waals surface area contributed by atoms with E-state index >= 15 is 0 Å². The van der Waals surface area contributed by atoms with Crippen molar-refractivity contribution in [3.05, 3.63) is 35.4 Å². The Morgan fingerprint density at radius 3 is 2.48 bits per heavy atom. The predicted molar refractivity (Wildman–Crippen MR) is 77.5 cm³/mol. The van der Waals surface area contributed by atoms with Crippen LogP contribution in [0.5, 0.6) is 0 Å². The number of nitrogens with zero attached hydrogens (tertiary/aromatic N) is 1. The number of carbonyl (C=O) groups excluding carboxylic acids is 1. The summed E-state index contributed by atoms with van der Waals surface area (Å²) in [5.41, 5.74) is 1.11. The third-order valence-corrected chi connectivity index (χ3v) is 4.49. The number of benzene rings is 1. The zero-order chi connectivity index (χ0) is 15.3. The van der Waals surface area contributed by atoms with Crippen molar-refractivity contribution in [1.29, 1.82) is 5.26 Å². The van der Waals surface area contributed by atoms with Gasteiger partial charge in [-0.2, -0.15) is 5.26 Å². The van der Waals surface area contributed by atoms with E-state index in [1.165, 1.54) is 0 Å². The molecule has 1 aliphatic carbocycles. The van der Waals surface area contributed by atoms with Crippen LogP contribution in [0.25, 0.3) is 0 Å². The molecule has 1 aromatic rings. The van der Waals surface area contributed by atoms with E-state index in [0.717, 1.165) is 12.8 Å². The third kappa shape index (κ3) is 5.17. The Labute approximate surface area is 124 Å². The highest BCUT2D eigenvalue weighted by atomic mass is 32.2. The largest absolute Gasteiger partial charge is 0.355 e. The molecule has 112 valence electrons. The molecule has 21 heavy (non-hydrogen) atoms. The average Bonchev–Trinajstić information content (AvgIpc) is 3.28. The molecule has 2 rings (SSSR count). The Morgan fingerprint density at radius 1 is 1.24 bits per heavy atom. The summed E-state index contributed by atoms with van der Waals surface area (Å²) in [5.74, 6) is -0.0171. The maximum absolute atomic E-state index is 11.9. The Hall–Kier alpha value is -1.91. The molecular weight excluding hydrogens is 290 g/mol. The van der Waals surface area contributed by atoms with Crippen molar-refractivity contribution in [3.8, 4) is 6.07 Å². The molecule has 0 aromatic heterocycles. The lowest BCUT2D eigenvalue weighted by Gasteiger charge is -2.08. The Bertz CT molecular complexity index is 643. The molecule has 0 heterocycles. The minimum atomic E-state index is -3.44. The van der Waals surface area contributed by atoms with Gasteiger partial charge in [0.15, 0.2) is 0 Å². The first-order valence-electron chi connectivity index (χ1n) is 6.74. The van der Waals surface area contributed by atoms with Gasteiger partial charge in [0.1, 0.15) is 0 Å². The van der Waals surface area contributed by atoms with Crippen LogP contribution in [0.1, 0.15) is 24.0 Å². The van der Waals surface area contributed by atoms with Gasteiger partial charge in [-0.05, 0) is 30.5 Å². The van der Waals surface area contributed by atoms with Gasteiger partial charge in [-0.15, -0.1) is 0 Å². The van der Waals surface area contributed by atoms with E-state index < -0.39 is 10.0 Å². The molecule has 0 aliphatic heterocycles. The molecule has 1 fully saturated rings. The Kier molecular flexibility index (Phi) is 4.94. The van der Waals surface area contributed by atoms with Crippen molar-refractivity contribution in [3.63, 3.8) is 0 Å². The number of hydrogen-bond donors (Lipinski definition) is 2. The van der Waals surface area contributed by atoms with Gasteiger partial charge in [0.25, 0.3) is 0 Å². The quantitative estimate of drug-likeness (QED) is 0.717. The maximum Gasteiger partial charge on any atom is 0.223 e. The van der Waals surface area contributed by atoms with Gasteiger partial charge in [0, 0.05) is 19.0 Å². The first-order valence-corrected chi connectivity index (χ1v) is 8.39. The standard InChI is InChI=1S/C14H17N3O3S/c15-9-11-1-3-12(4-2-11)10-21(19,20)17-8-7-16-14(18)13-5-6-13/h1-4,13,17H,5-8,10H2,(H,16,18). The lowest BCUT2D eigenvalue weighted by molar-refractivity contribution is -0.122. The topological polar surface area (TPSA) is 99.1 Å². The van der Waals surface area contributed by atoms with Crippen LogP contribution in [0.2, 0.25) is 0 Å². The fourth-order valence-electron chi connectivity index (χ4n) is 1.83. The van der Waals surface area contributed by atoms with Crippen LogP contribution in [0.3, 0.4) is 0 Å². The number of rotatable bonds is 7. The zero-order valence-electron chi connectivity index (χ0n) is 11.5. The van der Waals surface area contributed by atoms with E-state index in [9.17, 15) is 13.2 Å². The van der Waals surface area contributed by atoms with Gasteiger partial charge in [0.2, 0.25) is 15.9 Å². The molecule has 0 unspecified atom stereocenters. The van der Waals surface area contributed by atoms with Gasteiger partial charge >= 0.3 is 0 Å². The van der Waals surface area contributed by atoms with E-state index in [1.807, 2.05) is 6.07 Å². The number of amides is 1. The summed E-state index contributed by atoms with van der Waals surface area (Å²) in [7, 11) is -3.44. The molecule has 1 aliphatic rings. The predicted octanol–water partition coefficient (Wildman–Crippen LogP) is 0.504. The molecule has 0 spiro atoms. The molecule has 7 heteroatoms. The number of sulfonamides is 1. The lowest BCUT2D eigenvalue weighted by atomic mass is 10.2. The highest BCUT2D eigenvalue weighted by molar-refractivity contribution is 7.88. The fourth-order valence-corrected chi connectivity index (χ4v) is 2.97. The van der Waals surface area contributed by atoms with Crippen LogP contribution < -0.4 is 10.0 Å². The van der Waals surface area contributed by atoms with E-state index in [2.05, 4.69) is 10.0 Å². The lowest BCUT2D eigenvalue weighted by Crippen LogP contribution is -2.35. The van der Waals surface area contributed by atoms with E-state index in [1.54, 1.807) is 24.3 Å². The molecule has 2 N–H and O–H groups in total. The van der Waals surface area contributed by atoms with Crippen molar-refractivity contribution in [1.82, 2.24) is 10.0 Å². The minimum Gasteiger partial charge on any atom is -0.355 e. The summed E-state index contributed by atoms with van der Waals surface area (Å²) < 4.78 is 26.2. The van der Waals surface area contributed by atoms with Crippen molar-refractivity contribution in [2.24, 2.45) is 5.92 Å². The third-order valence-electron chi connectivity index (χ3n) is 3.13. The fraction of sp³-hybridized carbons (Fsp3) is 0.429. The summed E-state index contributed by atoms with van der Waals surface area (Å²) in [6, 6.07) is 8.38. The molecule has 0 atom stereocenters. The molecule has 1 amide bonds. The zero-order valence-corrected chi connectivity index (χ0v) is 12.3. The van der Waals surface area contributed by atoms with Crippen molar-refractivity contribution >= 4 is 15.9 Å². The van der Waals surface area contributed by atoms with Crippen LogP contribution in [0, 0.1) is 17.2 Å². The number of nitrogens with one attached hydrogen (secondary N) is 2. The second-order valence-electron chi connectivity index (χ2n) is 5.03. The van der Waals surface area contributed by atoms with Crippen molar-refractivity contribution in [2.45, 2.75) is 18.6 Å². The van der Waals surface area contributed by atoms with Gasteiger partial charge in [-0.25, -0.2) is 13.1 Å². The first kappa shape index (κ1) is 15.5. The van der Waals surface area contributed by atoms with Crippen LogP contribution in [-0.4, -0.2) is 27.4 Å². The van der Waals surface area contributed by atoms with Gasteiger partial charge < -0.3 is 5.32 Å². The maximum atomic E-state index is 11.9. The first-order chi connectivity index (χ1) is 10.00. The molecule has 6 nitrogen and oxygen atoms in total. The van der Waals surface area contributed by atoms with E-state index in [0.29, 0.717) is 17.7 Å². The summed E-state index contributed by atoms with van der Waals surface area (Å²) in [4.78, 5) is 11.4.